The first kappa shape index (κ1) is 14.4. The van der Waals surface area contributed by atoms with Crippen LogP contribution >= 0.6 is 0 Å². The summed E-state index contributed by atoms with van der Waals surface area (Å²) < 4.78 is 7.26. The number of aryl methyl sites for hydroxylation is 1. The second-order valence-electron chi connectivity index (χ2n) is 4.47. The van der Waals surface area contributed by atoms with Crippen molar-refractivity contribution in [3.8, 4) is 0 Å². The van der Waals surface area contributed by atoms with Crippen molar-refractivity contribution < 1.29 is 14.1 Å². The average molecular weight is 248 g/mol. The molecule has 98 valence electrons. The van der Waals surface area contributed by atoms with Gasteiger partial charge in [0.05, 0.1) is 6.61 Å². The molecule has 0 aliphatic heterocycles. The highest BCUT2D eigenvalue weighted by molar-refractivity contribution is 5.86. The molecule has 0 fully saturated rings. The molecular formula is C15H22NO2+. The molecular weight excluding hydrogens is 226 g/mol. The zero-order chi connectivity index (χ0) is 13.4. The highest BCUT2D eigenvalue weighted by Gasteiger charge is 2.05. The van der Waals surface area contributed by atoms with Crippen LogP contribution in [0.25, 0.3) is 0 Å². The van der Waals surface area contributed by atoms with Crippen molar-refractivity contribution in [2.24, 2.45) is 0 Å². The van der Waals surface area contributed by atoms with Gasteiger partial charge in [0.2, 0.25) is 0 Å². The van der Waals surface area contributed by atoms with Gasteiger partial charge in [0.25, 0.3) is 0 Å². The van der Waals surface area contributed by atoms with Gasteiger partial charge in [0.15, 0.2) is 12.4 Å². The predicted octanol–water partition coefficient (Wildman–Crippen LogP) is 2.44. The number of hydrogen-bond acceptors (Lipinski definition) is 2. The molecule has 1 aromatic heterocycles. The predicted molar refractivity (Wildman–Crippen MR) is 71.0 cm³/mol. The second kappa shape index (κ2) is 7.64. The molecule has 0 aliphatic rings. The number of carbonyl (C=O) groups excluding carboxylic acids is 1. The number of hydrogen-bond donors (Lipinski definition) is 0. The van der Waals surface area contributed by atoms with E-state index in [-0.39, 0.29) is 5.97 Å². The normalized spacial score (nSPS) is 10.1. The standard InChI is InChI=1S/C15H22NO2/c1-4-5-9-16-10-6-7-14(12-16)8-11-18-15(17)13(2)3/h6-7,10,12H,2,4-5,8-9,11H2,1,3H3/q+1. The van der Waals surface area contributed by atoms with Crippen LogP contribution in [0.4, 0.5) is 0 Å². The summed E-state index contributed by atoms with van der Waals surface area (Å²) in [5, 5.41) is 0. The van der Waals surface area contributed by atoms with Crippen LogP contribution in [0.1, 0.15) is 32.3 Å². The maximum absolute atomic E-state index is 11.2. The summed E-state index contributed by atoms with van der Waals surface area (Å²) in [4.78, 5) is 11.2. The summed E-state index contributed by atoms with van der Waals surface area (Å²) in [5.41, 5.74) is 1.63. The maximum atomic E-state index is 11.2. The number of ether oxygens (including phenoxy) is 1. The molecule has 0 bridgehead atoms. The Labute approximate surface area is 109 Å². The van der Waals surface area contributed by atoms with E-state index in [2.05, 4.69) is 36.5 Å². The molecule has 0 N–H and O–H groups in total. The Morgan fingerprint density at radius 2 is 2.28 bits per heavy atom. The minimum absolute atomic E-state index is 0.315. The first-order chi connectivity index (χ1) is 8.63. The van der Waals surface area contributed by atoms with Crippen LogP contribution in [0.2, 0.25) is 0 Å². The fourth-order valence-electron chi connectivity index (χ4n) is 1.59. The molecule has 0 radical (unpaired) electrons. The van der Waals surface area contributed by atoms with Gasteiger partial charge in [-0.1, -0.05) is 19.9 Å². The summed E-state index contributed by atoms with van der Waals surface area (Å²) >= 11 is 0. The van der Waals surface area contributed by atoms with Crippen molar-refractivity contribution in [2.75, 3.05) is 6.61 Å². The van der Waals surface area contributed by atoms with E-state index in [0.717, 1.165) is 13.0 Å². The third-order valence-corrected chi connectivity index (χ3v) is 2.66. The second-order valence-corrected chi connectivity index (χ2v) is 4.47. The Morgan fingerprint density at radius 1 is 1.50 bits per heavy atom. The minimum atomic E-state index is -0.315. The van der Waals surface area contributed by atoms with E-state index in [1.54, 1.807) is 6.92 Å². The van der Waals surface area contributed by atoms with E-state index in [1.165, 1.54) is 18.4 Å². The average Bonchev–Trinajstić information content (AvgIpc) is 2.36. The van der Waals surface area contributed by atoms with Gasteiger partial charge < -0.3 is 4.74 Å². The number of unbranched alkanes of at least 4 members (excludes halogenated alkanes) is 1. The lowest BCUT2D eigenvalue weighted by Crippen LogP contribution is -2.33. The van der Waals surface area contributed by atoms with Crippen LogP contribution in [-0.2, 0) is 22.5 Å². The molecule has 0 amide bonds. The van der Waals surface area contributed by atoms with Crippen molar-refractivity contribution in [1.29, 1.82) is 0 Å². The smallest absolute Gasteiger partial charge is 0.333 e. The van der Waals surface area contributed by atoms with E-state index in [9.17, 15) is 4.79 Å². The van der Waals surface area contributed by atoms with Crippen molar-refractivity contribution >= 4 is 5.97 Å². The topological polar surface area (TPSA) is 30.2 Å². The van der Waals surface area contributed by atoms with Gasteiger partial charge in [0.1, 0.15) is 6.54 Å². The molecule has 1 aromatic rings. The fourth-order valence-corrected chi connectivity index (χ4v) is 1.59. The maximum Gasteiger partial charge on any atom is 0.333 e. The summed E-state index contributed by atoms with van der Waals surface area (Å²) in [6, 6.07) is 4.09. The molecule has 3 nitrogen and oxygen atoms in total. The van der Waals surface area contributed by atoms with E-state index in [1.807, 2.05) is 6.07 Å². The van der Waals surface area contributed by atoms with Crippen molar-refractivity contribution in [1.82, 2.24) is 0 Å². The highest BCUT2D eigenvalue weighted by Crippen LogP contribution is 1.99. The lowest BCUT2D eigenvalue weighted by molar-refractivity contribution is -0.697. The molecule has 1 rings (SSSR count). The van der Waals surface area contributed by atoms with Gasteiger partial charge in [-0.15, -0.1) is 0 Å². The Balaban J connectivity index is 2.42. The Bertz CT molecular complexity index is 413. The molecule has 0 spiro atoms. The molecule has 0 aliphatic carbocycles. The van der Waals surface area contributed by atoms with Gasteiger partial charge in [0, 0.05) is 30.0 Å². The number of nitrogens with zero attached hydrogens (tertiary/aromatic N) is 1. The van der Waals surface area contributed by atoms with Gasteiger partial charge in [-0.05, 0) is 13.0 Å². The summed E-state index contributed by atoms with van der Waals surface area (Å²) in [5.74, 6) is -0.315. The molecule has 0 saturated heterocycles. The van der Waals surface area contributed by atoms with Gasteiger partial charge in [-0.3, -0.25) is 0 Å². The zero-order valence-corrected chi connectivity index (χ0v) is 11.3. The molecule has 1 heterocycles. The van der Waals surface area contributed by atoms with Crippen LogP contribution in [0.3, 0.4) is 0 Å². The van der Waals surface area contributed by atoms with E-state index in [0.29, 0.717) is 12.2 Å². The first-order valence-corrected chi connectivity index (χ1v) is 6.44. The van der Waals surface area contributed by atoms with Crippen LogP contribution in [0.5, 0.6) is 0 Å². The zero-order valence-electron chi connectivity index (χ0n) is 11.3. The molecule has 18 heavy (non-hydrogen) atoms. The lowest BCUT2D eigenvalue weighted by Gasteiger charge is -2.04. The van der Waals surface area contributed by atoms with Crippen molar-refractivity contribution in [3.05, 3.63) is 42.2 Å². The first-order valence-electron chi connectivity index (χ1n) is 6.44. The van der Waals surface area contributed by atoms with Crippen LogP contribution < -0.4 is 4.57 Å². The van der Waals surface area contributed by atoms with Crippen molar-refractivity contribution in [3.63, 3.8) is 0 Å². The van der Waals surface area contributed by atoms with E-state index in [4.69, 9.17) is 4.74 Å². The number of pyridine rings is 1. The fraction of sp³-hybridized carbons (Fsp3) is 0.467. The number of esters is 1. The third kappa shape index (κ3) is 5.13. The van der Waals surface area contributed by atoms with Crippen LogP contribution in [0.15, 0.2) is 36.7 Å². The molecule has 0 atom stereocenters. The molecule has 0 unspecified atom stereocenters. The Hall–Kier alpha value is -1.64. The van der Waals surface area contributed by atoms with Crippen LogP contribution in [0, 0.1) is 0 Å². The van der Waals surface area contributed by atoms with Crippen molar-refractivity contribution in [2.45, 2.75) is 39.7 Å². The molecule has 3 heteroatoms. The molecule has 0 saturated carbocycles. The summed E-state index contributed by atoms with van der Waals surface area (Å²) in [6.45, 7) is 8.83. The van der Waals surface area contributed by atoms with E-state index < -0.39 is 0 Å². The summed E-state index contributed by atoms with van der Waals surface area (Å²) in [7, 11) is 0. The highest BCUT2D eigenvalue weighted by atomic mass is 16.5. The third-order valence-electron chi connectivity index (χ3n) is 2.66. The van der Waals surface area contributed by atoms with E-state index >= 15 is 0 Å². The van der Waals surface area contributed by atoms with Gasteiger partial charge in [-0.2, -0.15) is 0 Å². The quantitative estimate of drug-likeness (QED) is 0.421. The lowest BCUT2D eigenvalue weighted by atomic mass is 10.2. The van der Waals surface area contributed by atoms with Crippen LogP contribution in [-0.4, -0.2) is 12.6 Å². The largest absolute Gasteiger partial charge is 0.462 e. The number of rotatable bonds is 7. The molecule has 0 aromatic carbocycles. The number of carbonyl (C=O) groups is 1. The van der Waals surface area contributed by atoms with Gasteiger partial charge in [-0.25, -0.2) is 9.36 Å². The Morgan fingerprint density at radius 3 is 2.94 bits per heavy atom. The number of aromatic nitrogens is 1. The van der Waals surface area contributed by atoms with Gasteiger partial charge >= 0.3 is 5.97 Å². The Kier molecular flexibility index (Phi) is 6.12. The summed E-state index contributed by atoms with van der Waals surface area (Å²) in [6.07, 6.45) is 7.29. The SMILES string of the molecule is C=C(C)C(=O)OCCc1ccc[n+](CCCC)c1. The minimum Gasteiger partial charge on any atom is -0.462 e. The monoisotopic (exact) mass is 248 g/mol.